The van der Waals surface area contributed by atoms with Crippen molar-refractivity contribution in [2.75, 3.05) is 0 Å². The van der Waals surface area contributed by atoms with Gasteiger partial charge in [0, 0.05) is 25.0 Å². The molecule has 0 radical (unpaired) electrons. The zero-order valence-corrected chi connectivity index (χ0v) is 10.4. The molecule has 0 bridgehead atoms. The van der Waals surface area contributed by atoms with Gasteiger partial charge < -0.3 is 5.11 Å². The van der Waals surface area contributed by atoms with Gasteiger partial charge in [0.25, 0.3) is 0 Å². The van der Waals surface area contributed by atoms with Gasteiger partial charge in [0.1, 0.15) is 6.10 Å². The minimum absolute atomic E-state index is 0.666. The summed E-state index contributed by atoms with van der Waals surface area (Å²) in [5.41, 5.74) is 3.63. The highest BCUT2D eigenvalue weighted by Crippen LogP contribution is 2.22. The molecule has 0 saturated carbocycles. The van der Waals surface area contributed by atoms with Gasteiger partial charge in [-0.15, -0.1) is 0 Å². The van der Waals surface area contributed by atoms with E-state index >= 15 is 0 Å². The fraction of sp³-hybridized carbons (Fsp3) is 0.385. The third-order valence-corrected chi connectivity index (χ3v) is 2.82. The van der Waals surface area contributed by atoms with Crippen molar-refractivity contribution in [1.29, 1.82) is 0 Å². The summed E-state index contributed by atoms with van der Waals surface area (Å²) >= 11 is 0. The first-order valence-corrected chi connectivity index (χ1v) is 5.74. The number of hydrogen-bond donors (Lipinski definition) is 1. The molecule has 0 fully saturated rings. The first kappa shape index (κ1) is 11.8. The Morgan fingerprint density at radius 1 is 1.35 bits per heavy atom. The first-order valence-electron chi connectivity index (χ1n) is 5.74. The Labute approximate surface area is 101 Å². The van der Waals surface area contributed by atoms with Crippen LogP contribution in [0.4, 0.5) is 0 Å². The highest BCUT2D eigenvalue weighted by Gasteiger charge is 2.16. The maximum Gasteiger partial charge on any atom is 0.122 e. The molecule has 4 nitrogen and oxygen atoms in total. The maximum atomic E-state index is 10.3. The Morgan fingerprint density at radius 2 is 2.12 bits per heavy atom. The van der Waals surface area contributed by atoms with Crippen molar-refractivity contribution >= 4 is 0 Å². The predicted octanol–water partition coefficient (Wildman–Crippen LogP) is 1.77. The van der Waals surface area contributed by atoms with E-state index in [0.29, 0.717) is 0 Å². The van der Waals surface area contributed by atoms with Gasteiger partial charge >= 0.3 is 0 Å². The maximum absolute atomic E-state index is 10.3. The Morgan fingerprint density at radius 3 is 2.71 bits per heavy atom. The van der Waals surface area contributed by atoms with Crippen LogP contribution in [0, 0.1) is 6.92 Å². The van der Waals surface area contributed by atoms with Crippen LogP contribution in [-0.2, 0) is 13.5 Å². The van der Waals surface area contributed by atoms with Gasteiger partial charge in [-0.3, -0.25) is 9.67 Å². The van der Waals surface area contributed by atoms with E-state index < -0.39 is 6.10 Å². The van der Waals surface area contributed by atoms with Crippen molar-refractivity contribution in [3.8, 4) is 0 Å². The van der Waals surface area contributed by atoms with Crippen LogP contribution >= 0.6 is 0 Å². The van der Waals surface area contributed by atoms with Gasteiger partial charge in [-0.2, -0.15) is 5.10 Å². The molecule has 1 unspecified atom stereocenters. The van der Waals surface area contributed by atoms with Crippen LogP contribution in [0.15, 0.2) is 24.5 Å². The molecule has 0 spiro atoms. The average Bonchev–Trinajstić information content (AvgIpc) is 2.69. The minimum Gasteiger partial charge on any atom is -0.382 e. The number of pyridine rings is 1. The quantitative estimate of drug-likeness (QED) is 0.875. The Hall–Kier alpha value is -1.68. The van der Waals surface area contributed by atoms with E-state index in [4.69, 9.17) is 0 Å². The smallest absolute Gasteiger partial charge is 0.122 e. The second-order valence-corrected chi connectivity index (χ2v) is 4.24. The summed E-state index contributed by atoms with van der Waals surface area (Å²) in [6, 6.07) is 3.88. The SMILES string of the molecule is CCc1cc(C(O)c2cncc(C)c2)n(C)n1. The lowest BCUT2D eigenvalue weighted by Crippen LogP contribution is -2.07. The monoisotopic (exact) mass is 231 g/mol. The molecule has 0 aliphatic heterocycles. The molecular weight excluding hydrogens is 214 g/mol. The summed E-state index contributed by atoms with van der Waals surface area (Å²) in [5, 5.41) is 14.6. The Kier molecular flexibility index (Phi) is 3.24. The van der Waals surface area contributed by atoms with Crippen LogP contribution in [0.5, 0.6) is 0 Å². The summed E-state index contributed by atoms with van der Waals surface area (Å²) in [7, 11) is 1.85. The molecule has 0 aliphatic rings. The molecule has 0 amide bonds. The van der Waals surface area contributed by atoms with Crippen molar-refractivity contribution in [1.82, 2.24) is 14.8 Å². The molecule has 17 heavy (non-hydrogen) atoms. The number of aliphatic hydroxyl groups excluding tert-OH is 1. The number of aliphatic hydroxyl groups is 1. The number of aromatic nitrogens is 3. The molecule has 2 aromatic rings. The summed E-state index contributed by atoms with van der Waals surface area (Å²) in [5.74, 6) is 0. The second kappa shape index (κ2) is 4.67. The topological polar surface area (TPSA) is 50.9 Å². The van der Waals surface area contributed by atoms with Crippen LogP contribution in [0.1, 0.15) is 35.5 Å². The highest BCUT2D eigenvalue weighted by atomic mass is 16.3. The highest BCUT2D eigenvalue weighted by molar-refractivity contribution is 5.27. The van der Waals surface area contributed by atoms with E-state index in [-0.39, 0.29) is 0 Å². The van der Waals surface area contributed by atoms with E-state index in [0.717, 1.165) is 28.9 Å². The molecule has 0 aromatic carbocycles. The average molecular weight is 231 g/mol. The molecule has 1 N–H and O–H groups in total. The number of nitrogens with zero attached hydrogens (tertiary/aromatic N) is 3. The largest absolute Gasteiger partial charge is 0.382 e. The third kappa shape index (κ3) is 2.36. The normalized spacial score (nSPS) is 12.7. The van der Waals surface area contributed by atoms with Crippen molar-refractivity contribution in [3.63, 3.8) is 0 Å². The number of hydrogen-bond acceptors (Lipinski definition) is 3. The van der Waals surface area contributed by atoms with Gasteiger partial charge in [-0.05, 0) is 25.0 Å². The lowest BCUT2D eigenvalue weighted by atomic mass is 10.1. The van der Waals surface area contributed by atoms with Crippen molar-refractivity contribution in [2.45, 2.75) is 26.4 Å². The van der Waals surface area contributed by atoms with Crippen LogP contribution in [0.2, 0.25) is 0 Å². The Bertz CT molecular complexity index is 519. The molecule has 0 aliphatic carbocycles. The number of aryl methyl sites for hydroxylation is 3. The van der Waals surface area contributed by atoms with Gasteiger partial charge in [0.2, 0.25) is 0 Å². The molecule has 2 heterocycles. The zero-order valence-electron chi connectivity index (χ0n) is 10.4. The molecule has 2 aromatic heterocycles. The number of rotatable bonds is 3. The van der Waals surface area contributed by atoms with E-state index in [9.17, 15) is 5.11 Å². The molecule has 2 rings (SSSR count). The van der Waals surface area contributed by atoms with Gasteiger partial charge in [0.15, 0.2) is 0 Å². The Balaban J connectivity index is 2.36. The van der Waals surface area contributed by atoms with Crippen LogP contribution < -0.4 is 0 Å². The van der Waals surface area contributed by atoms with Crippen LogP contribution in [0.25, 0.3) is 0 Å². The summed E-state index contributed by atoms with van der Waals surface area (Å²) in [6.45, 7) is 4.01. The van der Waals surface area contributed by atoms with Gasteiger partial charge in [-0.1, -0.05) is 13.0 Å². The zero-order chi connectivity index (χ0) is 12.4. The predicted molar refractivity (Wildman–Crippen MR) is 65.6 cm³/mol. The fourth-order valence-electron chi connectivity index (χ4n) is 1.87. The van der Waals surface area contributed by atoms with E-state index in [2.05, 4.69) is 10.1 Å². The summed E-state index contributed by atoms with van der Waals surface area (Å²) in [6.07, 6.45) is 3.67. The molecule has 1 atom stereocenters. The third-order valence-electron chi connectivity index (χ3n) is 2.82. The van der Waals surface area contributed by atoms with E-state index in [1.807, 2.05) is 33.0 Å². The molecule has 0 saturated heterocycles. The van der Waals surface area contributed by atoms with Crippen molar-refractivity contribution < 1.29 is 5.11 Å². The van der Waals surface area contributed by atoms with Gasteiger partial charge in [0.05, 0.1) is 11.4 Å². The second-order valence-electron chi connectivity index (χ2n) is 4.24. The molecule has 90 valence electrons. The van der Waals surface area contributed by atoms with Crippen molar-refractivity contribution in [3.05, 3.63) is 47.0 Å². The van der Waals surface area contributed by atoms with Crippen LogP contribution in [0.3, 0.4) is 0 Å². The van der Waals surface area contributed by atoms with E-state index in [1.54, 1.807) is 17.1 Å². The van der Waals surface area contributed by atoms with E-state index in [1.165, 1.54) is 0 Å². The van der Waals surface area contributed by atoms with Crippen molar-refractivity contribution in [2.24, 2.45) is 7.05 Å². The molecule has 4 heteroatoms. The lowest BCUT2D eigenvalue weighted by Gasteiger charge is -2.11. The minimum atomic E-state index is -0.666. The molecular formula is C13H17N3O. The first-order chi connectivity index (χ1) is 8.11. The summed E-state index contributed by atoms with van der Waals surface area (Å²) in [4.78, 5) is 4.10. The summed E-state index contributed by atoms with van der Waals surface area (Å²) < 4.78 is 1.73. The lowest BCUT2D eigenvalue weighted by molar-refractivity contribution is 0.209. The van der Waals surface area contributed by atoms with Crippen LogP contribution in [-0.4, -0.2) is 19.9 Å². The standard InChI is InChI=1S/C13H17N3O/c1-4-11-6-12(16(3)15-11)13(17)10-5-9(2)7-14-8-10/h5-8,13,17H,4H2,1-3H3. The fourth-order valence-corrected chi connectivity index (χ4v) is 1.87. The van der Waals surface area contributed by atoms with Gasteiger partial charge in [-0.25, -0.2) is 0 Å².